The van der Waals surface area contributed by atoms with Gasteiger partial charge in [0.05, 0.1) is 0 Å². The highest BCUT2D eigenvalue weighted by Gasteiger charge is 2.11. The minimum absolute atomic E-state index is 0.289. The summed E-state index contributed by atoms with van der Waals surface area (Å²) in [6.07, 6.45) is 5.42. The van der Waals surface area contributed by atoms with Crippen LogP contribution >= 0.6 is 0 Å². The minimum atomic E-state index is 0.289. The second kappa shape index (κ2) is 7.42. The van der Waals surface area contributed by atoms with Crippen molar-refractivity contribution in [3.63, 3.8) is 0 Å². The molecule has 0 aliphatic heterocycles. The fraction of sp³-hybridized carbons (Fsp3) is 0.368. The van der Waals surface area contributed by atoms with Gasteiger partial charge in [0.1, 0.15) is 11.6 Å². The second-order valence-corrected chi connectivity index (χ2v) is 6.64. The second-order valence-electron chi connectivity index (χ2n) is 6.64. The van der Waals surface area contributed by atoms with Crippen molar-refractivity contribution in [2.24, 2.45) is 0 Å². The summed E-state index contributed by atoms with van der Waals surface area (Å²) in [5.74, 6) is 3.18. The minimum Gasteiger partial charge on any atom is -0.366 e. The number of nitrogens with one attached hydrogen (secondary N) is 1. The molecule has 0 saturated carbocycles. The van der Waals surface area contributed by atoms with Crippen LogP contribution in [-0.4, -0.2) is 24.7 Å². The van der Waals surface area contributed by atoms with Crippen LogP contribution in [0.25, 0.3) is 5.82 Å². The Labute approximate surface area is 148 Å². The van der Waals surface area contributed by atoms with E-state index in [0.29, 0.717) is 12.5 Å². The van der Waals surface area contributed by atoms with Gasteiger partial charge >= 0.3 is 0 Å². The average molecular weight is 336 g/mol. The number of hydrogen-bond donors (Lipinski definition) is 1. The van der Waals surface area contributed by atoms with Gasteiger partial charge in [-0.15, -0.1) is 0 Å². The summed E-state index contributed by atoms with van der Waals surface area (Å²) in [6.45, 7) is 9.13. The molecule has 3 rings (SSSR count). The van der Waals surface area contributed by atoms with Crippen molar-refractivity contribution in [2.75, 3.05) is 5.32 Å². The summed E-state index contributed by atoms with van der Waals surface area (Å²) in [4.78, 5) is 13.8. The summed E-state index contributed by atoms with van der Waals surface area (Å²) < 4.78 is 1.77. The van der Waals surface area contributed by atoms with E-state index in [1.54, 1.807) is 17.1 Å². The van der Waals surface area contributed by atoms with Crippen molar-refractivity contribution < 1.29 is 0 Å². The third-order valence-electron chi connectivity index (χ3n) is 3.92. The zero-order chi connectivity index (χ0) is 17.8. The molecule has 6 nitrogen and oxygen atoms in total. The Morgan fingerprint density at radius 3 is 2.56 bits per heavy atom. The smallest absolute Gasteiger partial charge is 0.158 e. The lowest BCUT2D eigenvalue weighted by Gasteiger charge is -2.14. The highest BCUT2D eigenvalue weighted by molar-refractivity contribution is 5.41. The molecule has 0 fully saturated rings. The van der Waals surface area contributed by atoms with Crippen LogP contribution in [0.15, 0.2) is 42.9 Å². The van der Waals surface area contributed by atoms with Crippen LogP contribution in [0.4, 0.5) is 5.82 Å². The van der Waals surface area contributed by atoms with Gasteiger partial charge in [-0.1, -0.05) is 33.8 Å². The van der Waals surface area contributed by atoms with E-state index in [0.717, 1.165) is 28.7 Å². The molecule has 0 aliphatic carbocycles. The summed E-state index contributed by atoms with van der Waals surface area (Å²) in [5.41, 5.74) is 2.11. The maximum absolute atomic E-state index is 4.67. The molecule has 0 aromatic carbocycles. The Bertz CT molecular complexity index is 797. The standard InChI is InChI=1S/C19H24N6/c1-13(2)16-11-17(24-18(23-16)14(3)4)21-12-15-7-5-8-20-19(15)25-10-6-9-22-25/h5-11,13-14H,12H2,1-4H3,(H,21,23,24). The van der Waals surface area contributed by atoms with Crippen molar-refractivity contribution in [2.45, 2.75) is 46.1 Å². The van der Waals surface area contributed by atoms with Gasteiger partial charge in [0, 0.05) is 48.4 Å². The molecule has 0 aliphatic rings. The van der Waals surface area contributed by atoms with E-state index >= 15 is 0 Å². The molecule has 0 saturated heterocycles. The summed E-state index contributed by atoms with van der Waals surface area (Å²) in [7, 11) is 0. The van der Waals surface area contributed by atoms with E-state index in [1.165, 1.54) is 0 Å². The molecule has 25 heavy (non-hydrogen) atoms. The van der Waals surface area contributed by atoms with Crippen molar-refractivity contribution in [1.82, 2.24) is 24.7 Å². The van der Waals surface area contributed by atoms with Gasteiger partial charge in [-0.05, 0) is 18.1 Å². The molecule has 0 radical (unpaired) electrons. The van der Waals surface area contributed by atoms with Gasteiger partial charge in [0.25, 0.3) is 0 Å². The van der Waals surface area contributed by atoms with Crippen LogP contribution in [0.5, 0.6) is 0 Å². The molecule has 130 valence electrons. The van der Waals surface area contributed by atoms with Crippen molar-refractivity contribution in [1.29, 1.82) is 0 Å². The first-order valence-corrected chi connectivity index (χ1v) is 8.61. The molecule has 3 aromatic heterocycles. The van der Waals surface area contributed by atoms with E-state index in [2.05, 4.69) is 53.1 Å². The number of nitrogens with zero attached hydrogens (tertiary/aromatic N) is 5. The highest BCUT2D eigenvalue weighted by atomic mass is 15.3. The Morgan fingerprint density at radius 2 is 1.88 bits per heavy atom. The Kier molecular flexibility index (Phi) is 5.07. The van der Waals surface area contributed by atoms with Crippen LogP contribution in [0.3, 0.4) is 0 Å². The van der Waals surface area contributed by atoms with E-state index < -0.39 is 0 Å². The molecule has 0 unspecified atom stereocenters. The number of aromatic nitrogens is 5. The lowest BCUT2D eigenvalue weighted by Crippen LogP contribution is -2.11. The molecule has 3 heterocycles. The van der Waals surface area contributed by atoms with Gasteiger partial charge in [-0.3, -0.25) is 0 Å². The van der Waals surface area contributed by atoms with Crippen molar-refractivity contribution >= 4 is 5.82 Å². The van der Waals surface area contributed by atoms with Crippen molar-refractivity contribution in [3.8, 4) is 5.82 Å². The van der Waals surface area contributed by atoms with Crippen molar-refractivity contribution in [3.05, 3.63) is 59.9 Å². The average Bonchev–Trinajstić information content (AvgIpc) is 3.14. The van der Waals surface area contributed by atoms with E-state index in [-0.39, 0.29) is 5.92 Å². The number of pyridine rings is 1. The molecule has 0 spiro atoms. The zero-order valence-electron chi connectivity index (χ0n) is 15.1. The summed E-state index contributed by atoms with van der Waals surface area (Å²) >= 11 is 0. The fourth-order valence-corrected chi connectivity index (χ4v) is 2.48. The van der Waals surface area contributed by atoms with Gasteiger partial charge in [0.2, 0.25) is 0 Å². The predicted molar refractivity (Wildman–Crippen MR) is 98.9 cm³/mol. The lowest BCUT2D eigenvalue weighted by molar-refractivity contribution is 0.730. The quantitative estimate of drug-likeness (QED) is 0.739. The molecule has 3 aromatic rings. The normalized spacial score (nSPS) is 11.3. The summed E-state index contributed by atoms with van der Waals surface area (Å²) in [5, 5.41) is 7.70. The first-order valence-electron chi connectivity index (χ1n) is 8.61. The Hall–Kier alpha value is -2.76. The van der Waals surface area contributed by atoms with Crippen LogP contribution in [-0.2, 0) is 6.54 Å². The molecular formula is C19H24N6. The highest BCUT2D eigenvalue weighted by Crippen LogP contribution is 2.20. The molecule has 0 bridgehead atoms. The molecule has 0 atom stereocenters. The zero-order valence-corrected chi connectivity index (χ0v) is 15.1. The maximum atomic E-state index is 4.67. The maximum Gasteiger partial charge on any atom is 0.158 e. The van der Waals surface area contributed by atoms with E-state index in [9.17, 15) is 0 Å². The largest absolute Gasteiger partial charge is 0.366 e. The van der Waals surface area contributed by atoms with Crippen LogP contribution in [0, 0.1) is 0 Å². The molecule has 6 heteroatoms. The van der Waals surface area contributed by atoms with Gasteiger partial charge in [-0.25, -0.2) is 19.6 Å². The molecule has 0 amide bonds. The van der Waals surface area contributed by atoms with Crippen LogP contribution in [0.2, 0.25) is 0 Å². The van der Waals surface area contributed by atoms with Gasteiger partial charge < -0.3 is 5.32 Å². The number of rotatable bonds is 6. The third kappa shape index (κ3) is 4.02. The van der Waals surface area contributed by atoms with Crippen LogP contribution < -0.4 is 5.32 Å². The lowest BCUT2D eigenvalue weighted by atomic mass is 10.1. The number of anilines is 1. The molecular weight excluding hydrogens is 312 g/mol. The number of hydrogen-bond acceptors (Lipinski definition) is 5. The predicted octanol–water partition coefficient (Wildman–Crippen LogP) is 3.92. The fourth-order valence-electron chi connectivity index (χ4n) is 2.48. The van der Waals surface area contributed by atoms with E-state index in [4.69, 9.17) is 0 Å². The van der Waals surface area contributed by atoms with Crippen LogP contribution in [0.1, 0.15) is 56.6 Å². The molecule has 1 N–H and O–H groups in total. The van der Waals surface area contributed by atoms with E-state index in [1.807, 2.05) is 30.5 Å². The first-order chi connectivity index (χ1) is 12.0. The first kappa shape index (κ1) is 17.1. The third-order valence-corrected chi connectivity index (χ3v) is 3.92. The Morgan fingerprint density at radius 1 is 1.04 bits per heavy atom. The summed E-state index contributed by atoms with van der Waals surface area (Å²) in [6, 6.07) is 7.90. The monoisotopic (exact) mass is 336 g/mol. The Balaban J connectivity index is 1.85. The van der Waals surface area contributed by atoms with Gasteiger partial charge in [0.15, 0.2) is 5.82 Å². The topological polar surface area (TPSA) is 68.5 Å². The SMILES string of the molecule is CC(C)c1cc(NCc2cccnc2-n2cccn2)nc(C(C)C)n1. The van der Waals surface area contributed by atoms with Gasteiger partial charge in [-0.2, -0.15) is 5.10 Å².